The van der Waals surface area contributed by atoms with Crippen LogP contribution in [0.25, 0.3) is 10.4 Å². The van der Waals surface area contributed by atoms with Crippen LogP contribution in [0.2, 0.25) is 5.02 Å². The third kappa shape index (κ3) is 3.50. The van der Waals surface area contributed by atoms with Gasteiger partial charge in [0.25, 0.3) is 6.02 Å². The number of nitrogens with two attached hydrogens (primary N) is 1. The Balaban J connectivity index is 2.03. The number of hydrogen-bond acceptors (Lipinski definition) is 5. The lowest BCUT2D eigenvalue weighted by Crippen LogP contribution is -2.45. The molecule has 0 saturated carbocycles. The zero-order valence-corrected chi connectivity index (χ0v) is 15.0. The predicted octanol–water partition coefficient (Wildman–Crippen LogP) is 4.82. The first kappa shape index (κ1) is 18.5. The van der Waals surface area contributed by atoms with Crippen LogP contribution in [0, 0.1) is 11.3 Å². The van der Waals surface area contributed by atoms with Gasteiger partial charge in [0.2, 0.25) is 0 Å². The van der Waals surface area contributed by atoms with E-state index in [1.54, 1.807) is 37.3 Å². The quantitative estimate of drug-likeness (QED) is 0.786. The minimum absolute atomic E-state index is 0.300. The summed E-state index contributed by atoms with van der Waals surface area (Å²) in [4.78, 5) is 5.29. The number of alkyl halides is 3. The lowest BCUT2D eigenvalue weighted by molar-refractivity contribution is -0.208. The average Bonchev–Trinajstić information content (AvgIpc) is 2.96. The number of benzene rings is 1. The number of amidine groups is 1. The summed E-state index contributed by atoms with van der Waals surface area (Å²) in [5.74, 6) is 0. The fourth-order valence-corrected chi connectivity index (χ4v) is 4.45. The van der Waals surface area contributed by atoms with Gasteiger partial charge in [-0.15, -0.1) is 11.3 Å². The van der Waals surface area contributed by atoms with E-state index in [-0.39, 0.29) is 0 Å². The topological polar surface area (TPSA) is 71.4 Å². The van der Waals surface area contributed by atoms with E-state index in [0.717, 1.165) is 10.4 Å². The van der Waals surface area contributed by atoms with Gasteiger partial charge in [0.1, 0.15) is 5.54 Å². The number of nitrogens with zero attached hydrogens (tertiary/aromatic N) is 2. The number of nitriles is 1. The van der Waals surface area contributed by atoms with Crippen molar-refractivity contribution in [1.29, 1.82) is 5.26 Å². The molecule has 0 aliphatic carbocycles. The van der Waals surface area contributed by atoms with Crippen LogP contribution < -0.4 is 5.73 Å². The van der Waals surface area contributed by atoms with Crippen LogP contribution in [-0.4, -0.2) is 18.3 Å². The maximum absolute atomic E-state index is 13.1. The first-order valence-corrected chi connectivity index (χ1v) is 8.71. The van der Waals surface area contributed by atoms with E-state index in [2.05, 4.69) is 9.73 Å². The molecule has 0 bridgehead atoms. The van der Waals surface area contributed by atoms with Crippen molar-refractivity contribution in [2.45, 2.75) is 31.2 Å². The largest absolute Gasteiger partial charge is 0.452 e. The van der Waals surface area contributed by atoms with E-state index >= 15 is 0 Å². The van der Waals surface area contributed by atoms with Crippen LogP contribution >= 0.6 is 22.9 Å². The van der Waals surface area contributed by atoms with Crippen LogP contribution in [0.4, 0.5) is 13.2 Å². The van der Waals surface area contributed by atoms with Gasteiger partial charge in [-0.05, 0) is 30.7 Å². The molecule has 0 unspecified atom stereocenters. The molecule has 9 heteroatoms. The van der Waals surface area contributed by atoms with Gasteiger partial charge in [0, 0.05) is 11.3 Å². The minimum atomic E-state index is -4.56. The molecule has 0 fully saturated rings. The van der Waals surface area contributed by atoms with E-state index in [1.807, 2.05) is 6.07 Å². The molecule has 1 aliphatic heterocycles. The summed E-state index contributed by atoms with van der Waals surface area (Å²) in [6.45, 7) is 1.55. The second kappa shape index (κ2) is 6.49. The van der Waals surface area contributed by atoms with Crippen molar-refractivity contribution in [2.24, 2.45) is 10.7 Å². The third-order valence-electron chi connectivity index (χ3n) is 4.02. The summed E-state index contributed by atoms with van der Waals surface area (Å²) in [6.07, 6.45) is -7.03. The summed E-state index contributed by atoms with van der Waals surface area (Å²) < 4.78 is 44.1. The van der Waals surface area contributed by atoms with Crippen molar-refractivity contribution in [2.75, 3.05) is 0 Å². The van der Waals surface area contributed by atoms with Crippen molar-refractivity contribution in [3.8, 4) is 16.5 Å². The van der Waals surface area contributed by atoms with Crippen LogP contribution in [0.5, 0.6) is 0 Å². The highest BCUT2D eigenvalue weighted by molar-refractivity contribution is 7.16. The molecule has 0 spiro atoms. The maximum atomic E-state index is 13.1. The monoisotopic (exact) mass is 399 g/mol. The number of ether oxygens (including phenoxy) is 1. The number of thiophene rings is 1. The Kier molecular flexibility index (Phi) is 4.63. The SMILES string of the molecule is C[C@]1(c2sc(-c3cccc(C#N)c3)cc2Cl)C[C@@H](C(F)(F)F)OC(N)=N1. The molecule has 136 valence electrons. The Labute approximate surface area is 156 Å². The van der Waals surface area contributed by atoms with Crippen molar-refractivity contribution in [3.63, 3.8) is 0 Å². The molecule has 2 heterocycles. The normalized spacial score (nSPS) is 23.1. The van der Waals surface area contributed by atoms with Gasteiger partial charge < -0.3 is 10.5 Å². The molecule has 2 atom stereocenters. The minimum Gasteiger partial charge on any atom is -0.452 e. The highest BCUT2D eigenvalue weighted by atomic mass is 35.5. The molecule has 3 rings (SSSR count). The summed E-state index contributed by atoms with van der Waals surface area (Å²) >= 11 is 7.54. The smallest absolute Gasteiger partial charge is 0.425 e. The number of rotatable bonds is 2. The van der Waals surface area contributed by atoms with Crippen molar-refractivity contribution in [1.82, 2.24) is 0 Å². The molecule has 2 aromatic rings. The van der Waals surface area contributed by atoms with E-state index in [0.29, 0.717) is 15.5 Å². The van der Waals surface area contributed by atoms with Gasteiger partial charge in [0.15, 0.2) is 6.10 Å². The Morgan fingerprint density at radius 2 is 2.15 bits per heavy atom. The second-order valence-corrected chi connectivity index (χ2v) is 7.52. The van der Waals surface area contributed by atoms with E-state index in [4.69, 9.17) is 22.6 Å². The molecule has 0 saturated heterocycles. The summed E-state index contributed by atoms with van der Waals surface area (Å²) in [5.41, 5.74) is 5.47. The molecule has 0 radical (unpaired) electrons. The van der Waals surface area contributed by atoms with Crippen LogP contribution in [0.3, 0.4) is 0 Å². The van der Waals surface area contributed by atoms with E-state index in [1.165, 1.54) is 11.3 Å². The van der Waals surface area contributed by atoms with Gasteiger partial charge in [-0.3, -0.25) is 0 Å². The van der Waals surface area contributed by atoms with Gasteiger partial charge in [-0.2, -0.15) is 18.4 Å². The fourth-order valence-electron chi connectivity index (χ4n) is 2.81. The van der Waals surface area contributed by atoms with Crippen molar-refractivity contribution < 1.29 is 17.9 Å². The fraction of sp³-hybridized carbons (Fsp3) is 0.294. The zero-order valence-electron chi connectivity index (χ0n) is 13.5. The molecule has 0 amide bonds. The highest BCUT2D eigenvalue weighted by Crippen LogP contribution is 2.47. The Bertz CT molecular complexity index is 919. The lowest BCUT2D eigenvalue weighted by atomic mass is 9.92. The standard InChI is InChI=1S/C17H13ClF3N3OS/c1-16(7-13(17(19,20)21)25-15(23)24-16)14-11(18)6-12(26-14)10-4-2-3-9(5-10)8-22/h2-6,13H,7H2,1H3,(H2,23,24)/t13-,16+/m0/s1. The van der Waals surface area contributed by atoms with Crippen molar-refractivity contribution in [3.05, 3.63) is 45.8 Å². The molecule has 1 aliphatic rings. The number of hydrogen-bond donors (Lipinski definition) is 1. The van der Waals surface area contributed by atoms with Gasteiger partial charge in [-0.25, -0.2) is 4.99 Å². The molecule has 26 heavy (non-hydrogen) atoms. The Hall–Kier alpha value is -2.24. The second-order valence-electron chi connectivity index (χ2n) is 6.06. The first-order chi connectivity index (χ1) is 12.1. The first-order valence-electron chi connectivity index (χ1n) is 7.51. The Morgan fingerprint density at radius 3 is 2.81 bits per heavy atom. The van der Waals surface area contributed by atoms with E-state index in [9.17, 15) is 13.2 Å². The summed E-state index contributed by atoms with van der Waals surface area (Å²) in [5, 5.41) is 9.32. The Morgan fingerprint density at radius 1 is 1.42 bits per heavy atom. The van der Waals surface area contributed by atoms with Gasteiger partial charge >= 0.3 is 6.18 Å². The molecule has 1 aromatic heterocycles. The molecular formula is C17H13ClF3N3OS. The maximum Gasteiger partial charge on any atom is 0.425 e. The third-order valence-corrected chi connectivity index (χ3v) is 5.87. The molecule has 4 nitrogen and oxygen atoms in total. The average molecular weight is 400 g/mol. The zero-order chi connectivity index (χ0) is 19.1. The summed E-state index contributed by atoms with van der Waals surface area (Å²) in [7, 11) is 0. The van der Waals surface area contributed by atoms with E-state index < -0.39 is 30.3 Å². The highest BCUT2D eigenvalue weighted by Gasteiger charge is 2.50. The van der Waals surface area contributed by atoms with Crippen LogP contribution in [0.1, 0.15) is 23.8 Å². The number of aliphatic imine (C=N–C) groups is 1. The van der Waals surface area contributed by atoms with Crippen LogP contribution in [0.15, 0.2) is 35.3 Å². The number of halogens is 4. The molecular weight excluding hydrogens is 387 g/mol. The van der Waals surface area contributed by atoms with Gasteiger partial charge in [-0.1, -0.05) is 23.7 Å². The van der Waals surface area contributed by atoms with Crippen LogP contribution in [-0.2, 0) is 10.3 Å². The summed E-state index contributed by atoms with van der Waals surface area (Å²) in [6, 6.07) is 10.1. The van der Waals surface area contributed by atoms with Gasteiger partial charge in [0.05, 0.1) is 21.5 Å². The molecule has 1 aromatic carbocycles. The lowest BCUT2D eigenvalue weighted by Gasteiger charge is -2.35. The predicted molar refractivity (Wildman–Crippen MR) is 94.0 cm³/mol. The molecule has 2 N–H and O–H groups in total. The van der Waals surface area contributed by atoms with Crippen molar-refractivity contribution >= 4 is 29.0 Å².